The van der Waals surface area contributed by atoms with E-state index in [4.69, 9.17) is 23.6 Å². The number of nitrogens with zero attached hydrogens (tertiary/aromatic N) is 1. The highest BCUT2D eigenvalue weighted by molar-refractivity contribution is 6.14. The van der Waals surface area contributed by atoms with Crippen LogP contribution < -0.4 is 4.84 Å². The molecule has 54 valence electrons. The summed E-state index contributed by atoms with van der Waals surface area (Å²) in [5.41, 5.74) is 0. The van der Waals surface area contributed by atoms with Gasteiger partial charge in [-0.25, -0.2) is 9.25 Å². The van der Waals surface area contributed by atoms with Gasteiger partial charge in [0.05, 0.1) is 0 Å². The summed E-state index contributed by atoms with van der Waals surface area (Å²) >= 11 is 11.1. The molecule has 0 spiro atoms. The maximum atomic E-state index is 5.72. The molecule has 0 aromatic carbocycles. The summed E-state index contributed by atoms with van der Waals surface area (Å²) in [6.07, 6.45) is 2.26. The van der Waals surface area contributed by atoms with Crippen LogP contribution in [0.25, 0.3) is 0 Å². The van der Waals surface area contributed by atoms with Crippen molar-refractivity contribution >= 4 is 23.6 Å². The molecule has 1 N–H and O–H groups in total. The van der Waals surface area contributed by atoms with Gasteiger partial charge in [-0.3, -0.25) is 0 Å². The van der Waals surface area contributed by atoms with Crippen molar-refractivity contribution in [3.05, 3.63) is 0 Å². The van der Waals surface area contributed by atoms with Crippen molar-refractivity contribution in [2.45, 2.75) is 18.9 Å². The molecule has 1 fully saturated rings. The van der Waals surface area contributed by atoms with Gasteiger partial charge in [-0.2, -0.15) is 0 Å². The number of piperidine rings is 1. The van der Waals surface area contributed by atoms with E-state index in [1.165, 1.54) is 0 Å². The van der Waals surface area contributed by atoms with Gasteiger partial charge in [-0.15, -0.1) is 0 Å². The lowest BCUT2D eigenvalue weighted by Crippen LogP contribution is -2.38. The maximum absolute atomic E-state index is 5.72. The molecule has 1 atom stereocenters. The smallest absolute Gasteiger partial charge is 0.0361 e. The molecule has 0 saturated carbocycles. The third-order valence-corrected chi connectivity index (χ3v) is 2.14. The molecule has 0 aromatic rings. The summed E-state index contributed by atoms with van der Waals surface area (Å²) in [7, 11) is 0. The molecule has 0 aromatic heterocycles. The largest absolute Gasteiger partial charge is 0.229 e. The number of nitrogens with one attached hydrogen (secondary N) is 1. The third kappa shape index (κ3) is 2.30. The summed E-state index contributed by atoms with van der Waals surface area (Å²) < 4.78 is 1.77. The molecule has 1 aliphatic rings. The fourth-order valence-corrected chi connectivity index (χ4v) is 1.48. The van der Waals surface area contributed by atoms with Gasteiger partial charge >= 0.3 is 0 Å². The summed E-state index contributed by atoms with van der Waals surface area (Å²) in [5, 5.41) is 0. The standard InChI is InChI=1S/C5H10Cl2N2/c6-8-5-2-1-3-9(7)4-5/h5,8H,1-4H2/t5-/m1/s1. The van der Waals surface area contributed by atoms with Crippen LogP contribution >= 0.6 is 23.6 Å². The molecular weight excluding hydrogens is 159 g/mol. The van der Waals surface area contributed by atoms with Crippen LogP contribution in [-0.2, 0) is 0 Å². The lowest BCUT2D eigenvalue weighted by atomic mass is 10.1. The molecular formula is C5H10Cl2N2. The van der Waals surface area contributed by atoms with Gasteiger partial charge in [0.2, 0.25) is 0 Å². The van der Waals surface area contributed by atoms with Crippen LogP contribution in [0.5, 0.6) is 0 Å². The fourth-order valence-electron chi connectivity index (χ4n) is 1.02. The Hall–Kier alpha value is 0.500. The molecule has 1 rings (SSSR count). The van der Waals surface area contributed by atoms with Crippen LogP contribution in [-0.4, -0.2) is 23.6 Å². The Morgan fingerprint density at radius 1 is 1.56 bits per heavy atom. The van der Waals surface area contributed by atoms with E-state index in [0.717, 1.165) is 25.9 Å². The van der Waals surface area contributed by atoms with E-state index in [2.05, 4.69) is 4.84 Å². The average Bonchev–Trinajstić information content (AvgIpc) is 1.88. The highest BCUT2D eigenvalue weighted by atomic mass is 35.5. The van der Waals surface area contributed by atoms with Crippen LogP contribution in [0, 0.1) is 0 Å². The molecule has 9 heavy (non-hydrogen) atoms. The van der Waals surface area contributed by atoms with Crippen molar-refractivity contribution in [2.75, 3.05) is 13.1 Å². The van der Waals surface area contributed by atoms with Crippen molar-refractivity contribution < 1.29 is 0 Å². The van der Waals surface area contributed by atoms with Crippen molar-refractivity contribution in [3.8, 4) is 0 Å². The Labute approximate surface area is 65.3 Å². The zero-order valence-electron chi connectivity index (χ0n) is 5.11. The lowest BCUT2D eigenvalue weighted by molar-refractivity contribution is 0.320. The highest BCUT2D eigenvalue weighted by Gasteiger charge is 2.16. The van der Waals surface area contributed by atoms with Crippen LogP contribution in [0.4, 0.5) is 0 Å². The van der Waals surface area contributed by atoms with Crippen LogP contribution in [0.1, 0.15) is 12.8 Å². The number of rotatable bonds is 1. The second-order valence-corrected chi connectivity index (χ2v) is 3.01. The van der Waals surface area contributed by atoms with Crippen LogP contribution in [0.3, 0.4) is 0 Å². The van der Waals surface area contributed by atoms with Gasteiger partial charge in [-0.1, -0.05) is 0 Å². The van der Waals surface area contributed by atoms with Gasteiger partial charge in [0.15, 0.2) is 0 Å². The first-order valence-corrected chi connectivity index (χ1v) is 3.81. The maximum Gasteiger partial charge on any atom is 0.0361 e. The van der Waals surface area contributed by atoms with Gasteiger partial charge in [0.25, 0.3) is 0 Å². The molecule has 2 nitrogen and oxygen atoms in total. The zero-order chi connectivity index (χ0) is 6.69. The Bertz CT molecular complexity index is 89.0. The van der Waals surface area contributed by atoms with E-state index in [1.54, 1.807) is 4.42 Å². The Morgan fingerprint density at radius 3 is 2.78 bits per heavy atom. The predicted octanol–water partition coefficient (Wildman–Crippen LogP) is 1.35. The first-order valence-electron chi connectivity index (χ1n) is 3.10. The minimum absolute atomic E-state index is 0.373. The van der Waals surface area contributed by atoms with E-state index >= 15 is 0 Å². The topological polar surface area (TPSA) is 15.3 Å². The molecule has 0 unspecified atom stereocenters. The number of halogens is 2. The second-order valence-electron chi connectivity index (χ2n) is 2.32. The van der Waals surface area contributed by atoms with Crippen LogP contribution in [0.2, 0.25) is 0 Å². The summed E-state index contributed by atoms with van der Waals surface area (Å²) in [4.78, 5) is 2.68. The minimum atomic E-state index is 0.373. The van der Waals surface area contributed by atoms with E-state index in [-0.39, 0.29) is 0 Å². The van der Waals surface area contributed by atoms with Crippen molar-refractivity contribution in [2.24, 2.45) is 0 Å². The Morgan fingerprint density at radius 2 is 2.33 bits per heavy atom. The molecule has 0 bridgehead atoms. The lowest BCUT2D eigenvalue weighted by Gasteiger charge is -2.25. The molecule has 0 aliphatic carbocycles. The van der Waals surface area contributed by atoms with Crippen molar-refractivity contribution in [1.82, 2.24) is 9.25 Å². The predicted molar refractivity (Wildman–Crippen MR) is 39.4 cm³/mol. The molecule has 4 heteroatoms. The van der Waals surface area contributed by atoms with E-state index in [1.807, 2.05) is 0 Å². The summed E-state index contributed by atoms with van der Waals surface area (Å²) in [6, 6.07) is 0.373. The monoisotopic (exact) mass is 168 g/mol. The highest BCUT2D eigenvalue weighted by Crippen LogP contribution is 2.11. The SMILES string of the molecule is ClN[C@@H]1CCCN(Cl)C1. The van der Waals surface area contributed by atoms with E-state index in [9.17, 15) is 0 Å². The molecule has 1 aliphatic heterocycles. The summed E-state index contributed by atoms with van der Waals surface area (Å²) in [5.74, 6) is 0. The number of hydrogen-bond donors (Lipinski definition) is 1. The van der Waals surface area contributed by atoms with E-state index in [0.29, 0.717) is 6.04 Å². The van der Waals surface area contributed by atoms with Crippen molar-refractivity contribution in [3.63, 3.8) is 0 Å². The normalized spacial score (nSPS) is 30.7. The fraction of sp³-hybridized carbons (Fsp3) is 1.00. The number of hydrogen-bond acceptors (Lipinski definition) is 2. The first kappa shape index (κ1) is 7.61. The average molecular weight is 169 g/mol. The second kappa shape index (κ2) is 3.62. The minimum Gasteiger partial charge on any atom is -0.229 e. The van der Waals surface area contributed by atoms with Gasteiger partial charge in [0.1, 0.15) is 0 Å². The Balaban J connectivity index is 2.23. The van der Waals surface area contributed by atoms with Crippen molar-refractivity contribution in [1.29, 1.82) is 0 Å². The molecule has 1 heterocycles. The molecule has 0 amide bonds. The van der Waals surface area contributed by atoms with E-state index < -0.39 is 0 Å². The molecule has 1 saturated heterocycles. The van der Waals surface area contributed by atoms with Crippen LogP contribution in [0.15, 0.2) is 0 Å². The quantitative estimate of drug-likeness (QED) is 0.596. The van der Waals surface area contributed by atoms with Gasteiger partial charge < -0.3 is 0 Å². The first-order chi connectivity index (χ1) is 4.33. The zero-order valence-corrected chi connectivity index (χ0v) is 6.62. The van der Waals surface area contributed by atoms with Gasteiger partial charge in [0, 0.05) is 19.1 Å². The Kier molecular flexibility index (Phi) is 3.06. The molecule has 0 radical (unpaired) electrons. The van der Waals surface area contributed by atoms with Gasteiger partial charge in [-0.05, 0) is 36.4 Å². The third-order valence-electron chi connectivity index (χ3n) is 1.53. The summed E-state index contributed by atoms with van der Waals surface area (Å²) in [6.45, 7) is 1.84.